The van der Waals surface area contributed by atoms with Crippen LogP contribution in [-0.4, -0.2) is 34.2 Å². The number of nitrogens with zero attached hydrogens (tertiary/aromatic N) is 3. The van der Waals surface area contributed by atoms with Gasteiger partial charge in [-0.25, -0.2) is 4.99 Å². The molecule has 1 aliphatic heterocycles. The summed E-state index contributed by atoms with van der Waals surface area (Å²) in [6.07, 6.45) is 7.30. The van der Waals surface area contributed by atoms with Crippen LogP contribution in [0.15, 0.2) is 77.8 Å². The van der Waals surface area contributed by atoms with E-state index >= 15 is 0 Å². The van der Waals surface area contributed by atoms with Gasteiger partial charge in [0.1, 0.15) is 11.7 Å². The van der Waals surface area contributed by atoms with Crippen LogP contribution in [0, 0.1) is 0 Å². The molecule has 2 aromatic rings. The second kappa shape index (κ2) is 9.75. The smallest absolute Gasteiger partial charge is 0.260 e. The molecule has 0 saturated heterocycles. The van der Waals surface area contributed by atoms with Crippen LogP contribution < -0.4 is 5.32 Å². The Kier molecular flexibility index (Phi) is 7.08. The van der Waals surface area contributed by atoms with Crippen molar-refractivity contribution in [2.75, 3.05) is 6.54 Å². The van der Waals surface area contributed by atoms with Crippen LogP contribution in [0.5, 0.6) is 0 Å². The number of hydrogen-bond acceptors (Lipinski definition) is 4. The summed E-state index contributed by atoms with van der Waals surface area (Å²) < 4.78 is 0. The first kappa shape index (κ1) is 22.5. The number of pyridine rings is 1. The number of carbonyl (C=O) groups is 1. The number of aliphatic imine (C=N–C) groups is 1. The first-order valence-electron chi connectivity index (χ1n) is 10.3. The van der Waals surface area contributed by atoms with Crippen LogP contribution >= 0.6 is 11.6 Å². The van der Waals surface area contributed by atoms with Crippen LogP contribution in [0.4, 0.5) is 0 Å². The van der Waals surface area contributed by atoms with E-state index in [0.29, 0.717) is 34.4 Å². The normalized spacial score (nSPS) is 16.8. The molecule has 1 amide bonds. The number of hydrogen-bond donors (Lipinski definition) is 1. The fraction of sp³-hybridized carbons (Fsp3) is 0.240. The third-order valence-electron chi connectivity index (χ3n) is 4.87. The summed E-state index contributed by atoms with van der Waals surface area (Å²) in [5, 5.41) is 3.69. The number of carbonyl (C=O) groups excluding carboxylic acids is 1. The number of amidine groups is 1. The Morgan fingerprint density at radius 3 is 2.68 bits per heavy atom. The van der Waals surface area contributed by atoms with Crippen molar-refractivity contribution in [2.45, 2.75) is 33.7 Å². The molecule has 6 heteroatoms. The lowest BCUT2D eigenvalue weighted by Crippen LogP contribution is -2.41. The predicted octanol–water partition coefficient (Wildman–Crippen LogP) is 5.46. The van der Waals surface area contributed by atoms with Gasteiger partial charge in [0.2, 0.25) is 0 Å². The van der Waals surface area contributed by atoms with Crippen molar-refractivity contribution in [1.29, 1.82) is 0 Å². The van der Waals surface area contributed by atoms with Gasteiger partial charge in [0, 0.05) is 52.3 Å². The van der Waals surface area contributed by atoms with Crippen LogP contribution in [0.2, 0.25) is 5.02 Å². The number of nitrogens with one attached hydrogen (secondary N) is 1. The third-order valence-corrected chi connectivity index (χ3v) is 5.18. The molecule has 0 bridgehead atoms. The van der Waals surface area contributed by atoms with E-state index in [-0.39, 0.29) is 11.9 Å². The molecule has 0 saturated carbocycles. The van der Waals surface area contributed by atoms with E-state index in [1.165, 1.54) is 0 Å². The summed E-state index contributed by atoms with van der Waals surface area (Å²) in [7, 11) is 0. The quantitative estimate of drug-likeness (QED) is 0.656. The standard InChI is InChI=1S/C25H27ClN4O/c1-6-18-13-22(25(31)30(7-2)24(18)29-17(5)28-16(3)4)21-11-10-19(14-23(21)26)20-9-8-12-27-15-20/h6,8-16,28H,5,7H2,1-4H3/b18-6-,29-24+. The molecule has 0 unspecified atom stereocenters. The monoisotopic (exact) mass is 434 g/mol. The second-order valence-corrected chi connectivity index (χ2v) is 7.88. The maximum absolute atomic E-state index is 13.4. The van der Waals surface area contributed by atoms with Gasteiger partial charge in [0.05, 0.1) is 0 Å². The lowest BCUT2D eigenvalue weighted by Gasteiger charge is -2.30. The summed E-state index contributed by atoms with van der Waals surface area (Å²) >= 11 is 6.63. The van der Waals surface area contributed by atoms with E-state index in [1.807, 2.05) is 70.2 Å². The second-order valence-electron chi connectivity index (χ2n) is 7.47. The van der Waals surface area contributed by atoms with Gasteiger partial charge < -0.3 is 5.32 Å². The summed E-state index contributed by atoms with van der Waals surface area (Å²) in [6, 6.07) is 9.76. The highest BCUT2D eigenvalue weighted by atomic mass is 35.5. The average Bonchev–Trinajstić information content (AvgIpc) is 2.74. The molecule has 1 aliphatic rings. The minimum atomic E-state index is -0.139. The maximum atomic E-state index is 13.4. The van der Waals surface area contributed by atoms with E-state index < -0.39 is 0 Å². The number of aromatic nitrogens is 1. The van der Waals surface area contributed by atoms with Gasteiger partial charge in [-0.2, -0.15) is 0 Å². The Labute approximate surface area is 188 Å². The lowest BCUT2D eigenvalue weighted by molar-refractivity contribution is -0.121. The zero-order valence-corrected chi connectivity index (χ0v) is 19.1. The van der Waals surface area contributed by atoms with Gasteiger partial charge in [-0.05, 0) is 51.5 Å². The number of amides is 1. The van der Waals surface area contributed by atoms with Crippen molar-refractivity contribution in [3.63, 3.8) is 0 Å². The molecule has 0 aliphatic carbocycles. The Balaban J connectivity index is 2.03. The summed E-state index contributed by atoms with van der Waals surface area (Å²) in [5.74, 6) is 0.964. The average molecular weight is 435 g/mol. The first-order valence-corrected chi connectivity index (χ1v) is 10.7. The fourth-order valence-corrected chi connectivity index (χ4v) is 3.73. The Morgan fingerprint density at radius 1 is 1.32 bits per heavy atom. The van der Waals surface area contributed by atoms with Crippen LogP contribution in [0.1, 0.15) is 33.3 Å². The van der Waals surface area contributed by atoms with Crippen molar-refractivity contribution >= 4 is 28.9 Å². The molecule has 0 spiro atoms. The van der Waals surface area contributed by atoms with E-state index in [4.69, 9.17) is 11.6 Å². The Morgan fingerprint density at radius 2 is 2.10 bits per heavy atom. The van der Waals surface area contributed by atoms with E-state index in [1.54, 1.807) is 17.3 Å². The number of allylic oxidation sites excluding steroid dienone is 1. The van der Waals surface area contributed by atoms with Gasteiger partial charge in [0.15, 0.2) is 0 Å². The number of benzene rings is 1. The minimum Gasteiger partial charge on any atom is -0.368 e. The van der Waals surface area contributed by atoms with Crippen LogP contribution in [0.25, 0.3) is 16.7 Å². The summed E-state index contributed by atoms with van der Waals surface area (Å²) in [6.45, 7) is 12.3. The van der Waals surface area contributed by atoms with Gasteiger partial charge in [0.25, 0.3) is 5.91 Å². The molecule has 5 nitrogen and oxygen atoms in total. The van der Waals surface area contributed by atoms with Crippen LogP contribution in [0.3, 0.4) is 0 Å². The zero-order chi connectivity index (χ0) is 22.5. The topological polar surface area (TPSA) is 57.6 Å². The van der Waals surface area contributed by atoms with Crippen molar-refractivity contribution < 1.29 is 4.79 Å². The third kappa shape index (κ3) is 4.94. The van der Waals surface area contributed by atoms with Crippen molar-refractivity contribution in [3.05, 3.63) is 83.4 Å². The molecule has 1 N–H and O–H groups in total. The van der Waals surface area contributed by atoms with Gasteiger partial charge in [-0.15, -0.1) is 0 Å². The van der Waals surface area contributed by atoms with Gasteiger partial charge in [-0.3, -0.25) is 14.7 Å². The highest BCUT2D eigenvalue weighted by Gasteiger charge is 2.30. The van der Waals surface area contributed by atoms with Gasteiger partial charge >= 0.3 is 0 Å². The SMILES string of the molecule is C=C(/N=C1\C(=C/C)C=C(c2ccc(-c3cccnc3)cc2Cl)C(=O)N1CC)NC(C)C. The first-order chi connectivity index (χ1) is 14.8. The highest BCUT2D eigenvalue weighted by Crippen LogP contribution is 2.33. The molecule has 3 rings (SSSR count). The molecule has 0 atom stereocenters. The van der Waals surface area contributed by atoms with Gasteiger partial charge in [-0.1, -0.05) is 42.5 Å². The summed E-state index contributed by atoms with van der Waals surface area (Å²) in [5.41, 5.74) is 3.99. The number of halogens is 1. The lowest BCUT2D eigenvalue weighted by atomic mass is 9.95. The number of likely N-dealkylation sites (N-methyl/N-ethyl adjacent to an activating group) is 1. The van der Waals surface area contributed by atoms with E-state index in [0.717, 1.165) is 16.7 Å². The molecule has 0 fully saturated rings. The molecule has 0 radical (unpaired) electrons. The van der Waals surface area contributed by atoms with E-state index in [2.05, 4.69) is 21.9 Å². The molecule has 160 valence electrons. The Hall–Kier alpha value is -3.18. The minimum absolute atomic E-state index is 0.139. The van der Waals surface area contributed by atoms with Crippen molar-refractivity contribution in [2.24, 2.45) is 4.99 Å². The molecule has 2 heterocycles. The summed E-state index contributed by atoms with van der Waals surface area (Å²) in [4.78, 5) is 23.8. The zero-order valence-electron chi connectivity index (χ0n) is 18.3. The maximum Gasteiger partial charge on any atom is 0.260 e. The largest absolute Gasteiger partial charge is 0.368 e. The van der Waals surface area contributed by atoms with E-state index in [9.17, 15) is 4.79 Å². The van der Waals surface area contributed by atoms with Crippen LogP contribution in [-0.2, 0) is 4.79 Å². The number of rotatable bonds is 6. The Bertz CT molecular complexity index is 1080. The van der Waals surface area contributed by atoms with Crippen molar-refractivity contribution in [3.8, 4) is 11.1 Å². The molecular formula is C25H27ClN4O. The highest BCUT2D eigenvalue weighted by molar-refractivity contribution is 6.37. The predicted molar refractivity (Wildman–Crippen MR) is 129 cm³/mol. The molecular weight excluding hydrogens is 408 g/mol. The van der Waals surface area contributed by atoms with Crippen molar-refractivity contribution in [1.82, 2.24) is 15.2 Å². The molecule has 1 aromatic heterocycles. The fourth-order valence-electron chi connectivity index (χ4n) is 3.44. The molecule has 31 heavy (non-hydrogen) atoms. The molecule has 1 aromatic carbocycles.